The van der Waals surface area contributed by atoms with Gasteiger partial charge in [0.15, 0.2) is 0 Å². The molecule has 2 aliphatic carbocycles. The summed E-state index contributed by atoms with van der Waals surface area (Å²) in [6.45, 7) is 0. The number of hydrogen-bond acceptors (Lipinski definition) is 2. The van der Waals surface area contributed by atoms with Gasteiger partial charge in [0.2, 0.25) is 0 Å². The maximum absolute atomic E-state index is 13.4. The lowest BCUT2D eigenvalue weighted by atomic mass is 9.67. The molecule has 5 atom stereocenters. The first kappa shape index (κ1) is 14.9. The molecule has 0 amide bonds. The molecule has 4 heteroatoms. The SMILES string of the molecule is O=C(O)c1cccc2c1N[C@H](c1ccc(F)cc1)[C@H]1[C@H]3CC[C@@H](C3)[C@H]21. The van der Waals surface area contributed by atoms with Gasteiger partial charge in [-0.15, -0.1) is 0 Å². The van der Waals surface area contributed by atoms with Crippen LogP contribution in [0.5, 0.6) is 0 Å². The number of nitrogens with one attached hydrogen (secondary N) is 1. The summed E-state index contributed by atoms with van der Waals surface area (Å²) in [5, 5.41) is 13.2. The van der Waals surface area contributed by atoms with Crippen molar-refractivity contribution in [2.45, 2.75) is 31.2 Å². The van der Waals surface area contributed by atoms with Gasteiger partial charge in [-0.05, 0) is 72.3 Å². The van der Waals surface area contributed by atoms with E-state index in [2.05, 4.69) is 11.4 Å². The van der Waals surface area contributed by atoms with Crippen LogP contribution in [0.1, 0.15) is 52.7 Å². The summed E-state index contributed by atoms with van der Waals surface area (Å²) in [7, 11) is 0. The van der Waals surface area contributed by atoms with E-state index in [0.29, 0.717) is 29.2 Å². The first-order chi connectivity index (χ1) is 12.1. The van der Waals surface area contributed by atoms with Gasteiger partial charge in [-0.3, -0.25) is 0 Å². The van der Waals surface area contributed by atoms with Crippen LogP contribution >= 0.6 is 0 Å². The van der Waals surface area contributed by atoms with Gasteiger partial charge >= 0.3 is 5.97 Å². The van der Waals surface area contributed by atoms with E-state index in [9.17, 15) is 14.3 Å². The van der Waals surface area contributed by atoms with Crippen molar-refractivity contribution in [3.8, 4) is 0 Å². The van der Waals surface area contributed by atoms with Crippen LogP contribution in [0.4, 0.5) is 10.1 Å². The van der Waals surface area contributed by atoms with Crippen LogP contribution in [0.15, 0.2) is 42.5 Å². The second-order valence-electron chi connectivity index (χ2n) is 7.68. The molecule has 1 heterocycles. The number of para-hydroxylation sites is 1. The van der Waals surface area contributed by atoms with Crippen LogP contribution < -0.4 is 5.32 Å². The number of aromatic carboxylic acids is 1. The lowest BCUT2D eigenvalue weighted by Crippen LogP contribution is -2.36. The maximum Gasteiger partial charge on any atom is 0.337 e. The molecule has 5 rings (SSSR count). The van der Waals surface area contributed by atoms with Crippen molar-refractivity contribution in [2.75, 3.05) is 5.32 Å². The van der Waals surface area contributed by atoms with E-state index in [1.807, 2.05) is 18.2 Å². The number of carboxylic acids is 1. The smallest absolute Gasteiger partial charge is 0.337 e. The molecule has 2 N–H and O–H groups in total. The van der Waals surface area contributed by atoms with E-state index < -0.39 is 5.97 Å². The molecule has 0 spiro atoms. The molecule has 2 aromatic carbocycles. The highest BCUT2D eigenvalue weighted by molar-refractivity contribution is 5.95. The second-order valence-corrected chi connectivity index (χ2v) is 7.68. The lowest BCUT2D eigenvalue weighted by molar-refractivity contribution is 0.0697. The molecule has 2 aromatic rings. The third-order valence-electron chi connectivity index (χ3n) is 6.58. The topological polar surface area (TPSA) is 49.3 Å². The molecular formula is C21H20FNO2. The zero-order valence-corrected chi connectivity index (χ0v) is 13.8. The minimum Gasteiger partial charge on any atom is -0.478 e. The van der Waals surface area contributed by atoms with Gasteiger partial charge in [-0.1, -0.05) is 24.3 Å². The number of anilines is 1. The zero-order valence-electron chi connectivity index (χ0n) is 13.8. The Hall–Kier alpha value is -2.36. The van der Waals surface area contributed by atoms with Gasteiger partial charge in [0, 0.05) is 0 Å². The van der Waals surface area contributed by atoms with Crippen molar-refractivity contribution in [3.63, 3.8) is 0 Å². The lowest BCUT2D eigenvalue weighted by Gasteiger charge is -2.44. The Morgan fingerprint density at radius 2 is 1.84 bits per heavy atom. The summed E-state index contributed by atoms with van der Waals surface area (Å²) in [6, 6.07) is 12.3. The summed E-state index contributed by atoms with van der Waals surface area (Å²) >= 11 is 0. The predicted molar refractivity (Wildman–Crippen MR) is 93.2 cm³/mol. The summed E-state index contributed by atoms with van der Waals surface area (Å²) in [6.07, 6.45) is 3.71. The Morgan fingerprint density at radius 1 is 1.08 bits per heavy atom. The summed E-state index contributed by atoms with van der Waals surface area (Å²) in [5.74, 6) is 1.03. The third-order valence-corrected chi connectivity index (χ3v) is 6.58. The Bertz CT molecular complexity index is 847. The minimum absolute atomic E-state index is 0.0499. The highest BCUT2D eigenvalue weighted by Gasteiger charge is 2.54. The van der Waals surface area contributed by atoms with Crippen LogP contribution in [-0.4, -0.2) is 11.1 Å². The molecule has 0 radical (unpaired) electrons. The van der Waals surface area contributed by atoms with Crippen molar-refractivity contribution in [3.05, 3.63) is 65.0 Å². The van der Waals surface area contributed by atoms with E-state index in [-0.39, 0.29) is 11.9 Å². The molecule has 0 aromatic heterocycles. The number of benzene rings is 2. The minimum atomic E-state index is -0.899. The van der Waals surface area contributed by atoms with Gasteiger partial charge in [-0.2, -0.15) is 0 Å². The number of carboxylic acid groups (broad SMARTS) is 1. The number of fused-ring (bicyclic) bond motifs is 7. The van der Waals surface area contributed by atoms with Crippen molar-refractivity contribution in [1.29, 1.82) is 0 Å². The van der Waals surface area contributed by atoms with Gasteiger partial charge in [0.05, 0.1) is 17.3 Å². The second kappa shape index (κ2) is 5.32. The molecular weight excluding hydrogens is 317 g/mol. The van der Waals surface area contributed by atoms with Crippen molar-refractivity contribution in [1.82, 2.24) is 0 Å². The van der Waals surface area contributed by atoms with Crippen LogP contribution in [-0.2, 0) is 0 Å². The molecule has 2 saturated carbocycles. The number of hydrogen-bond donors (Lipinski definition) is 2. The Balaban J connectivity index is 1.67. The Labute approximate surface area is 145 Å². The molecule has 2 bridgehead atoms. The largest absolute Gasteiger partial charge is 0.478 e. The fraction of sp³-hybridized carbons (Fsp3) is 0.381. The van der Waals surface area contributed by atoms with E-state index >= 15 is 0 Å². The number of rotatable bonds is 2. The molecule has 3 aliphatic rings. The number of halogens is 1. The molecule has 2 fully saturated rings. The Morgan fingerprint density at radius 3 is 2.60 bits per heavy atom. The predicted octanol–water partition coefficient (Wildman–Crippen LogP) is 4.82. The highest BCUT2D eigenvalue weighted by Crippen LogP contribution is 2.63. The fourth-order valence-electron chi connectivity index (χ4n) is 5.69. The first-order valence-electron chi connectivity index (χ1n) is 9.01. The maximum atomic E-state index is 13.4. The molecule has 3 nitrogen and oxygen atoms in total. The summed E-state index contributed by atoms with van der Waals surface area (Å²) in [5.41, 5.74) is 3.31. The quantitative estimate of drug-likeness (QED) is 0.826. The average molecular weight is 337 g/mol. The first-order valence-corrected chi connectivity index (χ1v) is 9.01. The summed E-state index contributed by atoms with van der Waals surface area (Å²) in [4.78, 5) is 11.7. The van der Waals surface area contributed by atoms with Gasteiger partial charge in [0.1, 0.15) is 5.82 Å². The third kappa shape index (κ3) is 2.13. The van der Waals surface area contributed by atoms with Crippen molar-refractivity contribution in [2.24, 2.45) is 17.8 Å². The zero-order chi connectivity index (χ0) is 17.1. The van der Waals surface area contributed by atoms with Crippen molar-refractivity contribution >= 4 is 11.7 Å². The van der Waals surface area contributed by atoms with Crippen LogP contribution in [0.25, 0.3) is 0 Å². The normalized spacial score (nSPS) is 32.0. The van der Waals surface area contributed by atoms with Crippen LogP contribution in [0.2, 0.25) is 0 Å². The molecule has 0 unspecified atom stereocenters. The van der Waals surface area contributed by atoms with Gasteiger partial charge in [0.25, 0.3) is 0 Å². The summed E-state index contributed by atoms with van der Waals surface area (Å²) < 4.78 is 13.4. The molecule has 1 aliphatic heterocycles. The van der Waals surface area contributed by atoms with Crippen LogP contribution in [0, 0.1) is 23.6 Å². The van der Waals surface area contributed by atoms with Crippen LogP contribution in [0.3, 0.4) is 0 Å². The molecule has 25 heavy (non-hydrogen) atoms. The monoisotopic (exact) mass is 337 g/mol. The van der Waals surface area contributed by atoms with Crippen molar-refractivity contribution < 1.29 is 14.3 Å². The highest BCUT2D eigenvalue weighted by atomic mass is 19.1. The number of carbonyl (C=O) groups is 1. The average Bonchev–Trinajstić information content (AvgIpc) is 3.23. The molecule has 128 valence electrons. The van der Waals surface area contributed by atoms with E-state index in [1.54, 1.807) is 6.07 Å². The Kier molecular flexibility index (Phi) is 3.18. The van der Waals surface area contributed by atoms with E-state index in [1.165, 1.54) is 31.4 Å². The van der Waals surface area contributed by atoms with E-state index in [0.717, 1.165) is 16.8 Å². The fourth-order valence-corrected chi connectivity index (χ4v) is 5.69. The van der Waals surface area contributed by atoms with Gasteiger partial charge in [-0.25, -0.2) is 9.18 Å². The van der Waals surface area contributed by atoms with Gasteiger partial charge < -0.3 is 10.4 Å². The molecule has 0 saturated heterocycles. The van der Waals surface area contributed by atoms with E-state index in [4.69, 9.17) is 0 Å². The standard InChI is InChI=1S/C21H20FNO2/c22-14-8-6-11(7-9-14)19-18-13-5-4-12(10-13)17(18)15-2-1-3-16(21(24)25)20(15)23-19/h1-3,6-9,12-13,17-19,23H,4-5,10H2,(H,24,25)/t12-,13-,17+,18-,19+/m0/s1.